The third-order valence-corrected chi connectivity index (χ3v) is 4.16. The summed E-state index contributed by atoms with van der Waals surface area (Å²) in [5.74, 6) is 0. The number of nitrogens with two attached hydrogens (primary N) is 1. The fourth-order valence-corrected chi connectivity index (χ4v) is 3.22. The number of halogens is 2. The third-order valence-electron chi connectivity index (χ3n) is 1.38. The average molecular weight is 341 g/mol. The molecule has 0 aromatic heterocycles. The summed E-state index contributed by atoms with van der Waals surface area (Å²) in [4.78, 5) is 0.0648. The van der Waals surface area contributed by atoms with Gasteiger partial charge in [0.15, 0.2) is 0 Å². The van der Waals surface area contributed by atoms with E-state index in [4.69, 9.17) is 24.5 Å². The molecular formula is C7H7Cl2NO2RuS. The van der Waals surface area contributed by atoms with Crippen molar-refractivity contribution in [3.63, 3.8) is 0 Å². The first-order valence-corrected chi connectivity index (χ1v) is 10.4. The Morgan fingerprint density at radius 2 is 2.00 bits per heavy atom. The molecule has 7 heteroatoms. The van der Waals surface area contributed by atoms with Crippen molar-refractivity contribution in [3.8, 4) is 0 Å². The standard InChI is InChI=1S/C7H7NO2S.2ClH.Ru/c1-6-3-2-4-7(5-6)11(8,9)10;;;/h1-5H,(H2,8,9,10);2*1H;/q;;;+2/p-2. The Bertz CT molecular complexity index is 468. The minimum absolute atomic E-state index is 0.0648. The Hall–Kier alpha value is 0.203. The van der Waals surface area contributed by atoms with Gasteiger partial charge in [-0.25, -0.2) is 0 Å². The van der Waals surface area contributed by atoms with Crippen LogP contribution in [0.1, 0.15) is 5.56 Å². The first-order valence-electron chi connectivity index (χ1n) is 3.35. The maximum atomic E-state index is 11.0. The van der Waals surface area contributed by atoms with E-state index in [2.05, 4.69) is 0 Å². The van der Waals surface area contributed by atoms with E-state index in [1.807, 2.05) is 0 Å². The van der Waals surface area contributed by atoms with E-state index in [-0.39, 0.29) is 4.90 Å². The Morgan fingerprint density at radius 3 is 2.50 bits per heavy atom. The predicted octanol–water partition coefficient (Wildman–Crippen LogP) is 1.41. The van der Waals surface area contributed by atoms with Crippen LogP contribution in [0.5, 0.6) is 0 Å². The predicted molar refractivity (Wildman–Crippen MR) is 54.7 cm³/mol. The molecule has 14 heavy (non-hydrogen) atoms. The first-order chi connectivity index (χ1) is 6.39. The van der Waals surface area contributed by atoms with Gasteiger partial charge in [0.1, 0.15) is 0 Å². The van der Waals surface area contributed by atoms with Gasteiger partial charge in [-0.1, -0.05) is 0 Å². The van der Waals surface area contributed by atoms with Gasteiger partial charge in [-0.05, 0) is 0 Å². The van der Waals surface area contributed by atoms with Crippen LogP contribution in [-0.4, -0.2) is 13.0 Å². The summed E-state index contributed by atoms with van der Waals surface area (Å²) in [6.45, 7) is 0. The van der Waals surface area contributed by atoms with Crippen molar-refractivity contribution in [3.05, 3.63) is 29.8 Å². The molecule has 0 amide bonds. The van der Waals surface area contributed by atoms with Crippen LogP contribution in [0.4, 0.5) is 0 Å². The molecule has 0 saturated heterocycles. The summed E-state index contributed by atoms with van der Waals surface area (Å²) in [6, 6.07) is 6.19. The molecule has 2 N–H and O–H groups in total. The number of hydrogen-bond donors (Lipinski definition) is 1. The number of primary sulfonamides is 1. The normalized spacial score (nSPS) is 12.4. The molecular weight excluding hydrogens is 334 g/mol. The maximum absolute atomic E-state index is 11.0. The molecule has 1 aromatic carbocycles. The molecule has 0 bridgehead atoms. The number of rotatable bonds is 2. The molecule has 0 aliphatic heterocycles. The van der Waals surface area contributed by atoms with E-state index in [1.54, 1.807) is 16.7 Å². The molecule has 0 radical (unpaired) electrons. The van der Waals surface area contributed by atoms with Crippen LogP contribution in [0.15, 0.2) is 29.2 Å². The third kappa shape index (κ3) is 3.75. The molecule has 0 saturated carbocycles. The zero-order chi connectivity index (χ0) is 10.8. The van der Waals surface area contributed by atoms with Crippen molar-refractivity contribution < 1.29 is 21.9 Å². The Labute approximate surface area is 95.4 Å². The molecule has 1 rings (SSSR count). The van der Waals surface area contributed by atoms with Crippen molar-refractivity contribution in [1.82, 2.24) is 0 Å². The molecule has 0 aliphatic carbocycles. The van der Waals surface area contributed by atoms with E-state index >= 15 is 0 Å². The Kier molecular flexibility index (Phi) is 4.22. The summed E-state index contributed by atoms with van der Waals surface area (Å²) in [5.41, 5.74) is 0.681. The summed E-state index contributed by atoms with van der Waals surface area (Å²) in [7, 11) is 7.65. The van der Waals surface area contributed by atoms with Gasteiger partial charge in [-0.2, -0.15) is 0 Å². The topological polar surface area (TPSA) is 60.2 Å². The van der Waals surface area contributed by atoms with Crippen LogP contribution in [-0.2, 0) is 23.5 Å². The molecule has 0 fully saturated rings. The van der Waals surface area contributed by atoms with Crippen LogP contribution in [0.2, 0.25) is 0 Å². The molecule has 0 spiro atoms. The summed E-state index contributed by atoms with van der Waals surface area (Å²) in [6.07, 6.45) is 0. The van der Waals surface area contributed by atoms with E-state index in [0.29, 0.717) is 5.56 Å². The SMILES string of the molecule is NS(=O)(=O)c1cccc([CH]=[Ru]([Cl])[Cl])c1. The zero-order valence-electron chi connectivity index (χ0n) is 6.80. The molecule has 0 heterocycles. The van der Waals surface area contributed by atoms with E-state index in [1.165, 1.54) is 12.1 Å². The summed E-state index contributed by atoms with van der Waals surface area (Å²) >= 11 is -1.93. The monoisotopic (exact) mass is 341 g/mol. The number of benzene rings is 1. The molecule has 3 nitrogen and oxygen atoms in total. The number of sulfonamides is 1. The van der Waals surface area contributed by atoms with E-state index in [9.17, 15) is 8.42 Å². The van der Waals surface area contributed by atoms with Crippen LogP contribution in [0.25, 0.3) is 0 Å². The fraction of sp³-hybridized carbons (Fsp3) is 0. The van der Waals surface area contributed by atoms with Gasteiger partial charge < -0.3 is 0 Å². The van der Waals surface area contributed by atoms with Crippen molar-refractivity contribution >= 4 is 34.0 Å². The first kappa shape index (κ1) is 12.3. The van der Waals surface area contributed by atoms with Crippen molar-refractivity contribution in [2.45, 2.75) is 4.90 Å². The average Bonchev–Trinajstić information content (AvgIpc) is 2.01. The summed E-state index contributed by atoms with van der Waals surface area (Å²) < 4.78 is 23.6. The van der Waals surface area contributed by atoms with Crippen LogP contribution in [0, 0.1) is 0 Å². The molecule has 80 valence electrons. The van der Waals surface area contributed by atoms with Gasteiger partial charge in [-0.15, -0.1) is 0 Å². The quantitative estimate of drug-likeness (QED) is 0.827. The van der Waals surface area contributed by atoms with Gasteiger partial charge in [-0.3, -0.25) is 0 Å². The fourth-order valence-electron chi connectivity index (χ4n) is 0.844. The van der Waals surface area contributed by atoms with E-state index < -0.39 is 23.5 Å². The van der Waals surface area contributed by atoms with E-state index in [0.717, 1.165) is 0 Å². The Balaban J connectivity index is 3.21. The van der Waals surface area contributed by atoms with Crippen LogP contribution in [0.3, 0.4) is 0 Å². The molecule has 0 unspecified atom stereocenters. The van der Waals surface area contributed by atoms with Crippen molar-refractivity contribution in [2.75, 3.05) is 0 Å². The second kappa shape index (κ2) is 4.82. The minimum atomic E-state index is -3.65. The van der Waals surface area contributed by atoms with Crippen LogP contribution < -0.4 is 5.14 Å². The second-order valence-corrected chi connectivity index (χ2v) is 9.71. The van der Waals surface area contributed by atoms with Crippen molar-refractivity contribution in [2.24, 2.45) is 5.14 Å². The van der Waals surface area contributed by atoms with Gasteiger partial charge in [0.2, 0.25) is 0 Å². The van der Waals surface area contributed by atoms with Gasteiger partial charge >= 0.3 is 95.8 Å². The molecule has 0 atom stereocenters. The van der Waals surface area contributed by atoms with Crippen molar-refractivity contribution in [1.29, 1.82) is 0 Å². The van der Waals surface area contributed by atoms with Gasteiger partial charge in [0.25, 0.3) is 0 Å². The summed E-state index contributed by atoms with van der Waals surface area (Å²) in [5, 5.41) is 4.96. The van der Waals surface area contributed by atoms with Gasteiger partial charge in [0.05, 0.1) is 0 Å². The number of hydrogen-bond acceptors (Lipinski definition) is 2. The molecule has 1 aromatic rings. The van der Waals surface area contributed by atoms with Gasteiger partial charge in [0, 0.05) is 0 Å². The molecule has 0 aliphatic rings. The zero-order valence-corrected chi connectivity index (χ0v) is 10.9. The Morgan fingerprint density at radius 1 is 1.36 bits per heavy atom. The second-order valence-electron chi connectivity index (χ2n) is 2.42. The van der Waals surface area contributed by atoms with Crippen LogP contribution >= 0.6 is 19.4 Å².